The summed E-state index contributed by atoms with van der Waals surface area (Å²) in [5, 5.41) is 10.9. The van der Waals surface area contributed by atoms with Crippen LogP contribution in [0.5, 0.6) is 0 Å². The predicted molar refractivity (Wildman–Crippen MR) is 87.4 cm³/mol. The number of hydrogen-bond donors (Lipinski definition) is 1. The lowest BCUT2D eigenvalue weighted by Gasteiger charge is -2.16. The largest absolute Gasteiger partial charge is 0.349 e. The molecule has 1 saturated heterocycles. The van der Waals surface area contributed by atoms with Crippen LogP contribution in [-0.2, 0) is 24.4 Å². The second-order valence-corrected chi connectivity index (χ2v) is 5.96. The Hall–Kier alpha value is -2.21. The summed E-state index contributed by atoms with van der Waals surface area (Å²) in [4.78, 5) is 14.7. The SMILES string of the molecule is CCn1cnnc1CNC(=O)C1CCN(Cc2ccccc2)C1. The Bertz CT molecular complexity index is 639. The highest BCUT2D eigenvalue weighted by Crippen LogP contribution is 2.18. The maximum absolute atomic E-state index is 12.3. The standard InChI is InChI=1S/C17H23N5O/c1-2-22-13-19-20-16(22)10-18-17(23)15-8-9-21(12-15)11-14-6-4-3-5-7-14/h3-7,13,15H,2,8-12H2,1H3,(H,18,23). The Labute approximate surface area is 136 Å². The molecule has 1 unspecified atom stereocenters. The van der Waals surface area contributed by atoms with Gasteiger partial charge in [-0.3, -0.25) is 9.69 Å². The third-order valence-corrected chi connectivity index (χ3v) is 4.35. The number of nitrogens with zero attached hydrogens (tertiary/aromatic N) is 4. The maximum atomic E-state index is 12.3. The number of rotatable bonds is 6. The van der Waals surface area contributed by atoms with Gasteiger partial charge in [-0.1, -0.05) is 30.3 Å². The molecule has 1 N–H and O–H groups in total. The zero-order chi connectivity index (χ0) is 16.1. The first-order valence-corrected chi connectivity index (χ1v) is 8.17. The van der Waals surface area contributed by atoms with Gasteiger partial charge in [-0.25, -0.2) is 0 Å². The summed E-state index contributed by atoms with van der Waals surface area (Å²) in [6.45, 7) is 6.00. The molecular formula is C17H23N5O. The highest BCUT2D eigenvalue weighted by Gasteiger charge is 2.28. The molecule has 1 amide bonds. The number of likely N-dealkylation sites (tertiary alicyclic amines) is 1. The van der Waals surface area contributed by atoms with Gasteiger partial charge in [0.25, 0.3) is 0 Å². The molecule has 1 aromatic carbocycles. The van der Waals surface area contributed by atoms with Gasteiger partial charge in [-0.05, 0) is 25.5 Å². The van der Waals surface area contributed by atoms with E-state index in [2.05, 4.69) is 44.7 Å². The van der Waals surface area contributed by atoms with Gasteiger partial charge in [0.1, 0.15) is 6.33 Å². The van der Waals surface area contributed by atoms with E-state index >= 15 is 0 Å². The molecule has 1 atom stereocenters. The Kier molecular flexibility index (Phi) is 5.02. The van der Waals surface area contributed by atoms with E-state index in [1.54, 1.807) is 6.33 Å². The fourth-order valence-electron chi connectivity index (χ4n) is 3.02. The first-order chi connectivity index (χ1) is 11.3. The molecule has 0 radical (unpaired) electrons. The van der Waals surface area contributed by atoms with Gasteiger partial charge in [0.05, 0.1) is 12.5 Å². The Morgan fingerprint density at radius 2 is 2.17 bits per heavy atom. The molecule has 6 heteroatoms. The van der Waals surface area contributed by atoms with Gasteiger partial charge in [0.2, 0.25) is 5.91 Å². The van der Waals surface area contributed by atoms with Crippen molar-refractivity contribution in [1.82, 2.24) is 25.0 Å². The van der Waals surface area contributed by atoms with E-state index in [9.17, 15) is 4.79 Å². The molecule has 0 saturated carbocycles. The number of amides is 1. The van der Waals surface area contributed by atoms with E-state index in [1.807, 2.05) is 17.6 Å². The Morgan fingerprint density at radius 1 is 1.35 bits per heavy atom. The lowest BCUT2D eigenvalue weighted by atomic mass is 10.1. The average molecular weight is 313 g/mol. The number of hydrogen-bond acceptors (Lipinski definition) is 4. The van der Waals surface area contributed by atoms with Crippen LogP contribution in [-0.4, -0.2) is 38.7 Å². The van der Waals surface area contributed by atoms with Gasteiger partial charge >= 0.3 is 0 Å². The van der Waals surface area contributed by atoms with Crippen molar-refractivity contribution in [3.8, 4) is 0 Å². The van der Waals surface area contributed by atoms with Crippen molar-refractivity contribution < 1.29 is 4.79 Å². The Morgan fingerprint density at radius 3 is 2.96 bits per heavy atom. The molecule has 0 aliphatic carbocycles. The minimum Gasteiger partial charge on any atom is -0.349 e. The number of nitrogens with one attached hydrogen (secondary N) is 1. The van der Waals surface area contributed by atoms with Crippen LogP contribution in [0.3, 0.4) is 0 Å². The zero-order valence-electron chi connectivity index (χ0n) is 13.5. The van der Waals surface area contributed by atoms with Crippen LogP contribution in [0.25, 0.3) is 0 Å². The van der Waals surface area contributed by atoms with Crippen molar-refractivity contribution in [2.75, 3.05) is 13.1 Å². The highest BCUT2D eigenvalue weighted by atomic mass is 16.1. The topological polar surface area (TPSA) is 63.1 Å². The van der Waals surface area contributed by atoms with Crippen LogP contribution in [0, 0.1) is 5.92 Å². The molecule has 2 aromatic rings. The lowest BCUT2D eigenvalue weighted by molar-refractivity contribution is -0.124. The molecule has 1 aliphatic heterocycles. The quantitative estimate of drug-likeness (QED) is 0.876. The third-order valence-electron chi connectivity index (χ3n) is 4.35. The van der Waals surface area contributed by atoms with E-state index in [0.717, 1.165) is 38.4 Å². The van der Waals surface area contributed by atoms with Gasteiger partial charge in [0.15, 0.2) is 5.82 Å². The monoisotopic (exact) mass is 313 g/mol. The fourth-order valence-corrected chi connectivity index (χ4v) is 3.02. The smallest absolute Gasteiger partial charge is 0.224 e. The summed E-state index contributed by atoms with van der Waals surface area (Å²) in [5.74, 6) is 0.989. The number of benzene rings is 1. The van der Waals surface area contributed by atoms with Crippen LogP contribution >= 0.6 is 0 Å². The molecule has 0 spiro atoms. The molecule has 0 bridgehead atoms. The average Bonchev–Trinajstić information content (AvgIpc) is 3.22. The first kappa shape index (κ1) is 15.7. The van der Waals surface area contributed by atoms with Crippen LogP contribution < -0.4 is 5.32 Å². The lowest BCUT2D eigenvalue weighted by Crippen LogP contribution is -2.33. The van der Waals surface area contributed by atoms with Crippen LogP contribution in [0.4, 0.5) is 0 Å². The van der Waals surface area contributed by atoms with Crippen molar-refractivity contribution in [3.63, 3.8) is 0 Å². The normalized spacial score (nSPS) is 18.2. The van der Waals surface area contributed by atoms with E-state index in [1.165, 1.54) is 5.56 Å². The molecule has 23 heavy (non-hydrogen) atoms. The molecule has 6 nitrogen and oxygen atoms in total. The summed E-state index contributed by atoms with van der Waals surface area (Å²) in [7, 11) is 0. The number of aromatic nitrogens is 3. The van der Waals surface area contributed by atoms with Crippen molar-refractivity contribution >= 4 is 5.91 Å². The number of carbonyl (C=O) groups is 1. The van der Waals surface area contributed by atoms with Gasteiger partial charge in [0, 0.05) is 19.6 Å². The van der Waals surface area contributed by atoms with E-state index in [0.29, 0.717) is 6.54 Å². The minimum atomic E-state index is 0.0664. The van der Waals surface area contributed by atoms with Crippen LogP contribution in [0.2, 0.25) is 0 Å². The van der Waals surface area contributed by atoms with Crippen molar-refractivity contribution in [3.05, 3.63) is 48.0 Å². The highest BCUT2D eigenvalue weighted by molar-refractivity contribution is 5.79. The second kappa shape index (κ2) is 7.37. The molecular weight excluding hydrogens is 290 g/mol. The van der Waals surface area contributed by atoms with E-state index in [-0.39, 0.29) is 11.8 Å². The predicted octanol–water partition coefficient (Wildman–Crippen LogP) is 1.44. The first-order valence-electron chi connectivity index (χ1n) is 8.17. The second-order valence-electron chi connectivity index (χ2n) is 5.96. The van der Waals surface area contributed by atoms with Crippen molar-refractivity contribution in [2.24, 2.45) is 5.92 Å². The van der Waals surface area contributed by atoms with E-state index in [4.69, 9.17) is 0 Å². The summed E-state index contributed by atoms with van der Waals surface area (Å²) >= 11 is 0. The summed E-state index contributed by atoms with van der Waals surface area (Å²) in [6, 6.07) is 10.4. The fraction of sp³-hybridized carbons (Fsp3) is 0.471. The van der Waals surface area contributed by atoms with Gasteiger partial charge in [-0.15, -0.1) is 10.2 Å². The summed E-state index contributed by atoms with van der Waals surface area (Å²) in [5.41, 5.74) is 1.30. The maximum Gasteiger partial charge on any atom is 0.224 e. The molecule has 1 aliphatic rings. The van der Waals surface area contributed by atoms with Crippen molar-refractivity contribution in [2.45, 2.75) is 33.0 Å². The number of carbonyl (C=O) groups excluding carboxylic acids is 1. The zero-order valence-corrected chi connectivity index (χ0v) is 13.5. The van der Waals surface area contributed by atoms with Gasteiger partial charge in [-0.2, -0.15) is 0 Å². The minimum absolute atomic E-state index is 0.0664. The number of aryl methyl sites for hydroxylation is 1. The Balaban J connectivity index is 1.48. The molecule has 2 heterocycles. The van der Waals surface area contributed by atoms with Gasteiger partial charge < -0.3 is 9.88 Å². The molecule has 1 fully saturated rings. The van der Waals surface area contributed by atoms with Crippen LogP contribution in [0.15, 0.2) is 36.7 Å². The molecule has 1 aromatic heterocycles. The third kappa shape index (κ3) is 3.96. The molecule has 3 rings (SSSR count). The summed E-state index contributed by atoms with van der Waals surface area (Å²) < 4.78 is 1.94. The van der Waals surface area contributed by atoms with E-state index < -0.39 is 0 Å². The summed E-state index contributed by atoms with van der Waals surface area (Å²) in [6.07, 6.45) is 2.61. The van der Waals surface area contributed by atoms with Crippen LogP contribution in [0.1, 0.15) is 24.7 Å². The van der Waals surface area contributed by atoms with Crippen molar-refractivity contribution in [1.29, 1.82) is 0 Å². The molecule has 122 valence electrons.